The second kappa shape index (κ2) is 10.0. The Hall–Kier alpha value is -0.291. The maximum atomic E-state index is 12.8. The summed E-state index contributed by atoms with van der Waals surface area (Å²) in [5, 5.41) is 2.12. The minimum atomic E-state index is -2.72. The number of hydrogen-bond donors (Lipinski definition) is 0. The normalized spacial score (nSPS) is 15.2. The number of thiophene rings is 1. The molecule has 24 heavy (non-hydrogen) atoms. The predicted octanol–water partition coefficient (Wildman–Crippen LogP) is 6.45. The van der Waals surface area contributed by atoms with Gasteiger partial charge in [-0.1, -0.05) is 0 Å². The molecule has 1 aliphatic rings. The Labute approximate surface area is 155 Å². The van der Waals surface area contributed by atoms with E-state index in [1.807, 2.05) is 0 Å². The van der Waals surface area contributed by atoms with Crippen molar-refractivity contribution in [2.24, 2.45) is 0 Å². The molecule has 0 bridgehead atoms. The van der Waals surface area contributed by atoms with E-state index in [2.05, 4.69) is 38.3 Å². The van der Waals surface area contributed by atoms with Crippen LogP contribution in [0.25, 0.3) is 5.57 Å². The van der Waals surface area contributed by atoms with Crippen molar-refractivity contribution < 1.29 is 9.53 Å². The SMILES string of the molecule is CCC[CH2][Sn]([CH2]CCC)([CH2]CCC)[C]1=C(c2cccs2)COC1=O. The fourth-order valence-corrected chi connectivity index (χ4v) is 21.9. The zero-order valence-corrected chi connectivity index (χ0v) is 19.2. The van der Waals surface area contributed by atoms with Crippen LogP contribution in [0.2, 0.25) is 13.3 Å². The van der Waals surface area contributed by atoms with Crippen LogP contribution in [0.3, 0.4) is 0 Å². The van der Waals surface area contributed by atoms with Gasteiger partial charge < -0.3 is 0 Å². The molecule has 2 heterocycles. The first kappa shape index (κ1) is 20.0. The van der Waals surface area contributed by atoms with Crippen LogP contribution < -0.4 is 0 Å². The van der Waals surface area contributed by atoms with E-state index in [0.29, 0.717) is 6.61 Å². The third-order valence-electron chi connectivity index (χ3n) is 5.23. The van der Waals surface area contributed by atoms with E-state index in [9.17, 15) is 4.79 Å². The van der Waals surface area contributed by atoms with Crippen LogP contribution in [0.1, 0.15) is 64.2 Å². The van der Waals surface area contributed by atoms with Crippen molar-refractivity contribution in [2.75, 3.05) is 6.61 Å². The Bertz CT molecular complexity index is 526. The molecule has 134 valence electrons. The predicted molar refractivity (Wildman–Crippen MR) is 107 cm³/mol. The Morgan fingerprint density at radius 1 is 1.04 bits per heavy atom. The molecule has 0 saturated heterocycles. The second-order valence-corrected chi connectivity index (χ2v) is 21.0. The molecular weight excluding hydrogens is 423 g/mol. The third-order valence-corrected chi connectivity index (χ3v) is 21.9. The van der Waals surface area contributed by atoms with Crippen molar-refractivity contribution in [1.82, 2.24) is 0 Å². The molecular formula is C20H32O2SSn. The molecule has 1 aliphatic heterocycles. The van der Waals surface area contributed by atoms with E-state index in [1.54, 1.807) is 11.3 Å². The Morgan fingerprint density at radius 2 is 1.62 bits per heavy atom. The van der Waals surface area contributed by atoms with Gasteiger partial charge in [0, 0.05) is 0 Å². The number of esters is 1. The number of rotatable bonds is 11. The summed E-state index contributed by atoms with van der Waals surface area (Å²) in [4.78, 5) is 14.1. The van der Waals surface area contributed by atoms with Gasteiger partial charge in [0.05, 0.1) is 0 Å². The molecule has 0 N–H and O–H groups in total. The van der Waals surface area contributed by atoms with E-state index in [4.69, 9.17) is 4.74 Å². The molecule has 0 atom stereocenters. The summed E-state index contributed by atoms with van der Waals surface area (Å²) < 4.78 is 10.8. The van der Waals surface area contributed by atoms with Crippen molar-refractivity contribution in [2.45, 2.75) is 72.6 Å². The fourth-order valence-electron chi connectivity index (χ4n) is 3.88. The summed E-state index contributed by atoms with van der Waals surface area (Å²) >= 11 is -0.963. The van der Waals surface area contributed by atoms with Crippen molar-refractivity contribution in [3.63, 3.8) is 0 Å². The average molecular weight is 455 g/mol. The first-order valence-corrected chi connectivity index (χ1v) is 18.0. The van der Waals surface area contributed by atoms with E-state index in [0.717, 1.165) is 0 Å². The van der Waals surface area contributed by atoms with E-state index in [1.165, 1.54) is 65.9 Å². The van der Waals surface area contributed by atoms with Crippen LogP contribution in [-0.2, 0) is 9.53 Å². The van der Waals surface area contributed by atoms with E-state index in [-0.39, 0.29) is 5.97 Å². The minimum absolute atomic E-state index is 0.0394. The van der Waals surface area contributed by atoms with E-state index >= 15 is 0 Å². The van der Waals surface area contributed by atoms with Gasteiger partial charge in [0.2, 0.25) is 0 Å². The molecule has 1 aromatic rings. The monoisotopic (exact) mass is 456 g/mol. The second-order valence-electron chi connectivity index (χ2n) is 7.00. The quantitative estimate of drug-likeness (QED) is 0.283. The van der Waals surface area contributed by atoms with Gasteiger partial charge in [-0.3, -0.25) is 0 Å². The van der Waals surface area contributed by atoms with Gasteiger partial charge >= 0.3 is 156 Å². The number of unbranched alkanes of at least 4 members (excludes halogenated alkanes) is 3. The van der Waals surface area contributed by atoms with Gasteiger partial charge in [0.1, 0.15) is 0 Å². The van der Waals surface area contributed by atoms with Gasteiger partial charge in [-0.2, -0.15) is 0 Å². The molecule has 2 rings (SSSR count). The third kappa shape index (κ3) is 4.66. The van der Waals surface area contributed by atoms with Crippen molar-refractivity contribution in [3.8, 4) is 0 Å². The van der Waals surface area contributed by atoms with Crippen LogP contribution >= 0.6 is 11.3 Å². The molecule has 0 unspecified atom stereocenters. The summed E-state index contributed by atoms with van der Waals surface area (Å²) in [6, 6.07) is 4.26. The van der Waals surface area contributed by atoms with Crippen LogP contribution in [0.4, 0.5) is 0 Å². The van der Waals surface area contributed by atoms with Crippen LogP contribution in [-0.4, -0.2) is 31.0 Å². The molecule has 0 aliphatic carbocycles. The molecule has 0 radical (unpaired) electrons. The molecule has 0 aromatic carbocycles. The van der Waals surface area contributed by atoms with Crippen molar-refractivity contribution in [3.05, 3.63) is 26.0 Å². The van der Waals surface area contributed by atoms with Crippen LogP contribution in [0.15, 0.2) is 21.1 Å². The van der Waals surface area contributed by atoms with Gasteiger partial charge in [0.15, 0.2) is 0 Å². The maximum absolute atomic E-state index is 12.8. The molecule has 0 spiro atoms. The van der Waals surface area contributed by atoms with Crippen LogP contribution in [0, 0.1) is 0 Å². The first-order chi connectivity index (χ1) is 11.7. The standard InChI is InChI=1S/C8H5O2S.3C4H9.Sn/c9-8-4-6(5-10-8)7-2-1-3-11-7;3*1-3-4-2;/h1-3H,5H2;3*1,3-4H2,2H3;. The molecule has 0 fully saturated rings. The number of carbonyl (C=O) groups excluding carboxylic acids is 1. The van der Waals surface area contributed by atoms with Gasteiger partial charge in [-0.25, -0.2) is 0 Å². The molecule has 2 nitrogen and oxygen atoms in total. The summed E-state index contributed by atoms with van der Waals surface area (Å²) in [5.41, 5.74) is 1.26. The Kier molecular flexibility index (Phi) is 8.35. The number of carbonyl (C=O) groups is 1. The summed E-state index contributed by atoms with van der Waals surface area (Å²) in [6.07, 6.45) is 7.52. The summed E-state index contributed by atoms with van der Waals surface area (Å²) in [7, 11) is 0. The first-order valence-electron chi connectivity index (χ1n) is 9.63. The fraction of sp³-hybridized carbons (Fsp3) is 0.650. The topological polar surface area (TPSA) is 26.3 Å². The molecule has 0 amide bonds. The van der Waals surface area contributed by atoms with Gasteiger partial charge in [-0.05, 0) is 0 Å². The Morgan fingerprint density at radius 3 is 2.08 bits per heavy atom. The zero-order chi connectivity index (χ0) is 17.4. The van der Waals surface area contributed by atoms with E-state index < -0.39 is 18.4 Å². The Balaban J connectivity index is 2.47. The average Bonchev–Trinajstić information content (AvgIpc) is 3.24. The number of cyclic esters (lactones) is 1. The van der Waals surface area contributed by atoms with Crippen LogP contribution in [0.5, 0.6) is 0 Å². The van der Waals surface area contributed by atoms with Crippen molar-refractivity contribution in [1.29, 1.82) is 0 Å². The molecule has 4 heteroatoms. The summed E-state index contributed by atoms with van der Waals surface area (Å²) in [5.74, 6) is 0.0394. The molecule has 0 saturated carbocycles. The summed E-state index contributed by atoms with van der Waals surface area (Å²) in [6.45, 7) is 7.34. The van der Waals surface area contributed by atoms with Crippen molar-refractivity contribution >= 4 is 41.3 Å². The van der Waals surface area contributed by atoms with Gasteiger partial charge in [-0.15, -0.1) is 0 Å². The van der Waals surface area contributed by atoms with Gasteiger partial charge in [0.25, 0.3) is 0 Å². The molecule has 1 aromatic heterocycles. The number of hydrogen-bond acceptors (Lipinski definition) is 3. The number of ether oxygens (including phenoxy) is 1. The zero-order valence-electron chi connectivity index (χ0n) is 15.5.